The molecule has 0 saturated carbocycles. The van der Waals surface area contributed by atoms with Crippen LogP contribution in [0.4, 0.5) is 0 Å². The minimum Gasteiger partial charge on any atom is -0.409 e. The number of amidine groups is 1. The van der Waals surface area contributed by atoms with Gasteiger partial charge < -0.3 is 15.7 Å². The van der Waals surface area contributed by atoms with E-state index in [2.05, 4.69) is 9.89 Å². The third-order valence-electron chi connectivity index (χ3n) is 1.74. The Balaban J connectivity index is 0.000000487. The number of rotatable bonds is 3. The fourth-order valence-corrected chi connectivity index (χ4v) is 0.790. The second kappa shape index (κ2) is 8.43. The van der Waals surface area contributed by atoms with E-state index in [1.807, 2.05) is 6.92 Å². The lowest BCUT2D eigenvalue weighted by Crippen LogP contribution is -2.12. The molecule has 0 atom stereocenters. The van der Waals surface area contributed by atoms with Gasteiger partial charge >= 0.3 is 0 Å². The number of nitrogens with zero attached hydrogens (tertiary/aromatic N) is 1. The Morgan fingerprint density at radius 1 is 1.50 bits per heavy atom. The van der Waals surface area contributed by atoms with Crippen LogP contribution in [0.1, 0.15) is 22.8 Å². The highest BCUT2D eigenvalue weighted by Gasteiger charge is 1.97. The van der Waals surface area contributed by atoms with Crippen molar-refractivity contribution in [3.05, 3.63) is 35.4 Å². The zero-order valence-corrected chi connectivity index (χ0v) is 9.38. The average molecular weight is 224 g/mol. The minimum absolute atomic E-state index is 0.0347. The molecule has 0 saturated heterocycles. The van der Waals surface area contributed by atoms with Gasteiger partial charge in [-0.1, -0.05) is 29.4 Å². The van der Waals surface area contributed by atoms with Gasteiger partial charge in [-0.2, -0.15) is 0 Å². The molecule has 0 aliphatic rings. The molecule has 0 aromatic heterocycles. The highest BCUT2D eigenvalue weighted by molar-refractivity contribution is 5.97. The van der Waals surface area contributed by atoms with Gasteiger partial charge in [-0.15, -0.1) is 0 Å². The molecule has 0 bridgehead atoms. The van der Waals surface area contributed by atoms with Crippen LogP contribution in [0, 0.1) is 0 Å². The SMILES string of the molecule is CCOC.N/C(=N\O)c1ccc(C=O)cc1. The summed E-state index contributed by atoms with van der Waals surface area (Å²) in [4.78, 5) is 10.2. The molecule has 0 heterocycles. The van der Waals surface area contributed by atoms with Crippen LogP contribution in [-0.2, 0) is 4.74 Å². The van der Waals surface area contributed by atoms with E-state index >= 15 is 0 Å². The summed E-state index contributed by atoms with van der Waals surface area (Å²) in [5.41, 5.74) is 6.44. The summed E-state index contributed by atoms with van der Waals surface area (Å²) in [7, 11) is 1.68. The summed E-state index contributed by atoms with van der Waals surface area (Å²) in [6.45, 7) is 2.78. The standard InChI is InChI=1S/C8H8N2O2.C3H8O/c9-8(10-12)7-3-1-6(5-11)2-4-7;1-3-4-2/h1-5,12H,(H2,9,10);3H2,1-2H3. The summed E-state index contributed by atoms with van der Waals surface area (Å²) < 4.78 is 4.54. The van der Waals surface area contributed by atoms with E-state index in [9.17, 15) is 4.79 Å². The van der Waals surface area contributed by atoms with Crippen LogP contribution in [0.3, 0.4) is 0 Å². The minimum atomic E-state index is 0.0347. The van der Waals surface area contributed by atoms with Crippen LogP contribution in [0.25, 0.3) is 0 Å². The summed E-state index contributed by atoms with van der Waals surface area (Å²) in [6.07, 6.45) is 0.732. The number of nitrogens with two attached hydrogens (primary N) is 1. The molecule has 1 aromatic carbocycles. The van der Waals surface area contributed by atoms with Crippen molar-refractivity contribution in [2.45, 2.75) is 6.92 Å². The third kappa shape index (κ3) is 5.11. The smallest absolute Gasteiger partial charge is 0.170 e. The normalized spacial score (nSPS) is 10.2. The van der Waals surface area contributed by atoms with E-state index in [4.69, 9.17) is 10.9 Å². The number of aldehydes is 1. The first kappa shape index (κ1) is 14.1. The van der Waals surface area contributed by atoms with Crippen molar-refractivity contribution in [1.82, 2.24) is 0 Å². The maximum absolute atomic E-state index is 10.2. The molecule has 5 nitrogen and oxygen atoms in total. The first-order valence-electron chi connectivity index (χ1n) is 4.71. The van der Waals surface area contributed by atoms with Crippen molar-refractivity contribution in [2.24, 2.45) is 10.9 Å². The number of hydrogen-bond donors (Lipinski definition) is 2. The van der Waals surface area contributed by atoms with Gasteiger partial charge in [-0.25, -0.2) is 0 Å². The van der Waals surface area contributed by atoms with Crippen molar-refractivity contribution < 1.29 is 14.7 Å². The monoisotopic (exact) mass is 224 g/mol. The second-order valence-electron chi connectivity index (χ2n) is 2.80. The number of carbonyl (C=O) groups excluding carboxylic acids is 1. The van der Waals surface area contributed by atoms with E-state index in [1.54, 1.807) is 31.4 Å². The van der Waals surface area contributed by atoms with Crippen molar-refractivity contribution in [2.75, 3.05) is 13.7 Å². The first-order chi connectivity index (χ1) is 7.69. The summed E-state index contributed by atoms with van der Waals surface area (Å²) in [5, 5.41) is 11.1. The lowest BCUT2D eigenvalue weighted by molar-refractivity contribution is 0.112. The molecule has 16 heavy (non-hydrogen) atoms. The molecule has 5 heteroatoms. The largest absolute Gasteiger partial charge is 0.409 e. The molecule has 0 aliphatic carbocycles. The Labute approximate surface area is 94.5 Å². The quantitative estimate of drug-likeness (QED) is 0.266. The van der Waals surface area contributed by atoms with Crippen molar-refractivity contribution in [3.63, 3.8) is 0 Å². The molecular weight excluding hydrogens is 208 g/mol. The number of ether oxygens (including phenoxy) is 1. The van der Waals surface area contributed by atoms with E-state index in [-0.39, 0.29) is 5.84 Å². The van der Waals surface area contributed by atoms with Gasteiger partial charge in [0.2, 0.25) is 0 Å². The van der Waals surface area contributed by atoms with Crippen LogP contribution >= 0.6 is 0 Å². The van der Waals surface area contributed by atoms with Gasteiger partial charge in [0.1, 0.15) is 6.29 Å². The maximum atomic E-state index is 10.2. The molecule has 0 radical (unpaired) electrons. The highest BCUT2D eigenvalue weighted by Crippen LogP contribution is 2.01. The molecule has 0 spiro atoms. The zero-order chi connectivity index (χ0) is 12.4. The molecule has 0 aliphatic heterocycles. The first-order valence-corrected chi connectivity index (χ1v) is 4.71. The van der Waals surface area contributed by atoms with Crippen molar-refractivity contribution >= 4 is 12.1 Å². The van der Waals surface area contributed by atoms with Crippen LogP contribution in [0.15, 0.2) is 29.4 Å². The molecule has 0 amide bonds. The van der Waals surface area contributed by atoms with E-state index in [0.29, 0.717) is 11.1 Å². The molecule has 0 fully saturated rings. The van der Waals surface area contributed by atoms with E-state index in [0.717, 1.165) is 12.9 Å². The molecule has 3 N–H and O–H groups in total. The molecule has 1 rings (SSSR count). The van der Waals surface area contributed by atoms with Crippen LogP contribution in [-0.4, -0.2) is 31.0 Å². The molecule has 1 aromatic rings. The maximum Gasteiger partial charge on any atom is 0.170 e. The van der Waals surface area contributed by atoms with Gasteiger partial charge in [0.05, 0.1) is 0 Å². The second-order valence-corrected chi connectivity index (χ2v) is 2.80. The van der Waals surface area contributed by atoms with Gasteiger partial charge in [-0.3, -0.25) is 4.79 Å². The predicted molar refractivity (Wildman–Crippen MR) is 61.9 cm³/mol. The topological polar surface area (TPSA) is 84.9 Å². The van der Waals surface area contributed by atoms with Crippen LogP contribution in [0.5, 0.6) is 0 Å². The molecular formula is C11H16N2O3. The lowest BCUT2D eigenvalue weighted by Gasteiger charge is -1.96. The molecule has 88 valence electrons. The number of methoxy groups -OCH3 is 1. The summed E-state index contributed by atoms with van der Waals surface area (Å²) in [5.74, 6) is 0.0347. The Kier molecular flexibility index (Phi) is 7.44. The van der Waals surface area contributed by atoms with Crippen LogP contribution < -0.4 is 5.73 Å². The lowest BCUT2D eigenvalue weighted by atomic mass is 10.1. The third-order valence-corrected chi connectivity index (χ3v) is 1.74. The summed E-state index contributed by atoms with van der Waals surface area (Å²) in [6, 6.07) is 6.41. The van der Waals surface area contributed by atoms with Gasteiger partial charge in [0.25, 0.3) is 0 Å². The Hall–Kier alpha value is -1.88. The molecule has 0 unspecified atom stereocenters. The Morgan fingerprint density at radius 2 is 2.00 bits per heavy atom. The average Bonchev–Trinajstić information content (AvgIpc) is 2.38. The predicted octanol–water partition coefficient (Wildman–Crippen LogP) is 1.25. The van der Waals surface area contributed by atoms with E-state index < -0.39 is 0 Å². The Bertz CT molecular complexity index is 332. The fraction of sp³-hybridized carbons (Fsp3) is 0.273. The van der Waals surface area contributed by atoms with Crippen molar-refractivity contribution in [1.29, 1.82) is 0 Å². The zero-order valence-electron chi connectivity index (χ0n) is 9.38. The number of hydrogen-bond acceptors (Lipinski definition) is 4. The number of carbonyl (C=O) groups is 1. The Morgan fingerprint density at radius 3 is 2.31 bits per heavy atom. The van der Waals surface area contributed by atoms with Crippen molar-refractivity contribution in [3.8, 4) is 0 Å². The van der Waals surface area contributed by atoms with Crippen LogP contribution in [0.2, 0.25) is 0 Å². The highest BCUT2D eigenvalue weighted by atomic mass is 16.5. The number of benzene rings is 1. The fourth-order valence-electron chi connectivity index (χ4n) is 0.790. The van der Waals surface area contributed by atoms with Gasteiger partial charge in [0, 0.05) is 24.8 Å². The number of oxime groups is 1. The van der Waals surface area contributed by atoms with E-state index in [1.165, 1.54) is 0 Å². The van der Waals surface area contributed by atoms with Gasteiger partial charge in [0.15, 0.2) is 5.84 Å². The summed E-state index contributed by atoms with van der Waals surface area (Å²) >= 11 is 0. The van der Waals surface area contributed by atoms with Gasteiger partial charge in [-0.05, 0) is 6.92 Å².